The third-order valence-corrected chi connectivity index (χ3v) is 5.21. The second-order valence-electron chi connectivity index (χ2n) is 6.29. The predicted octanol–water partition coefficient (Wildman–Crippen LogP) is 3.61. The number of aliphatic hydroxyl groups excluding tert-OH is 1. The molecule has 2 atom stereocenters. The summed E-state index contributed by atoms with van der Waals surface area (Å²) in [5, 5.41) is 14.7. The van der Waals surface area contributed by atoms with Crippen molar-refractivity contribution in [2.45, 2.75) is 38.4 Å². The van der Waals surface area contributed by atoms with Gasteiger partial charge in [-0.25, -0.2) is 0 Å². The standard InChI is InChI=1S/C19H23NO3S/c21-16-6-1-4-14(10-16)12-20-19(22)15-5-2-7-17(11-15)23-13-18-8-3-9-24-18/h2-3,5,7-9,11,14,16,21H,1,4,6,10,12-13H2,(H,20,22). The van der Waals surface area contributed by atoms with Crippen LogP contribution >= 0.6 is 11.3 Å². The third-order valence-electron chi connectivity index (χ3n) is 4.36. The zero-order valence-corrected chi connectivity index (χ0v) is 14.4. The van der Waals surface area contributed by atoms with E-state index in [4.69, 9.17) is 4.74 Å². The Bertz CT molecular complexity index is 656. The van der Waals surface area contributed by atoms with Gasteiger partial charge in [-0.05, 0) is 54.8 Å². The van der Waals surface area contributed by atoms with Crippen molar-refractivity contribution >= 4 is 17.2 Å². The molecule has 1 aromatic carbocycles. The number of ether oxygens (including phenoxy) is 1. The summed E-state index contributed by atoms with van der Waals surface area (Å²) in [7, 11) is 0. The average Bonchev–Trinajstić information content (AvgIpc) is 3.12. The maximum Gasteiger partial charge on any atom is 0.251 e. The topological polar surface area (TPSA) is 58.6 Å². The lowest BCUT2D eigenvalue weighted by Gasteiger charge is -2.25. The minimum atomic E-state index is -0.213. The number of nitrogens with one attached hydrogen (secondary N) is 1. The summed E-state index contributed by atoms with van der Waals surface area (Å²) < 4.78 is 5.75. The van der Waals surface area contributed by atoms with Gasteiger partial charge in [-0.15, -0.1) is 11.3 Å². The molecule has 4 nitrogen and oxygen atoms in total. The molecule has 0 bridgehead atoms. The van der Waals surface area contributed by atoms with E-state index in [9.17, 15) is 9.90 Å². The van der Waals surface area contributed by atoms with Gasteiger partial charge >= 0.3 is 0 Å². The van der Waals surface area contributed by atoms with Crippen LogP contribution in [0.2, 0.25) is 0 Å². The molecule has 128 valence electrons. The molecular weight excluding hydrogens is 322 g/mol. The first kappa shape index (κ1) is 17.0. The van der Waals surface area contributed by atoms with Crippen molar-refractivity contribution in [1.29, 1.82) is 0 Å². The summed E-state index contributed by atoms with van der Waals surface area (Å²) >= 11 is 1.65. The highest BCUT2D eigenvalue weighted by Gasteiger charge is 2.20. The minimum absolute atomic E-state index is 0.0864. The Morgan fingerprint density at radius 1 is 1.29 bits per heavy atom. The number of thiophene rings is 1. The maximum absolute atomic E-state index is 12.3. The molecule has 1 amide bonds. The van der Waals surface area contributed by atoms with Gasteiger partial charge in [0.05, 0.1) is 6.10 Å². The predicted molar refractivity (Wildman–Crippen MR) is 95.4 cm³/mol. The molecule has 1 heterocycles. The quantitative estimate of drug-likeness (QED) is 0.841. The Balaban J connectivity index is 1.51. The van der Waals surface area contributed by atoms with E-state index in [0.29, 0.717) is 30.4 Å². The number of carbonyl (C=O) groups excluding carboxylic acids is 1. The number of hydrogen-bond donors (Lipinski definition) is 2. The summed E-state index contributed by atoms with van der Waals surface area (Å²) in [4.78, 5) is 13.5. The number of benzene rings is 1. The fourth-order valence-corrected chi connectivity index (χ4v) is 3.68. The second-order valence-corrected chi connectivity index (χ2v) is 7.32. The van der Waals surface area contributed by atoms with E-state index in [0.717, 1.165) is 30.6 Å². The molecule has 5 heteroatoms. The summed E-state index contributed by atoms with van der Waals surface area (Å²) in [5.74, 6) is 0.983. The van der Waals surface area contributed by atoms with E-state index >= 15 is 0 Å². The van der Waals surface area contributed by atoms with Crippen LogP contribution in [0.5, 0.6) is 5.75 Å². The average molecular weight is 345 g/mol. The molecule has 3 rings (SSSR count). The highest BCUT2D eigenvalue weighted by Crippen LogP contribution is 2.23. The summed E-state index contributed by atoms with van der Waals surface area (Å²) in [6, 6.07) is 11.3. The monoisotopic (exact) mass is 345 g/mol. The van der Waals surface area contributed by atoms with Gasteiger partial charge in [0.1, 0.15) is 12.4 Å². The van der Waals surface area contributed by atoms with Gasteiger partial charge < -0.3 is 15.2 Å². The number of carbonyl (C=O) groups is 1. The van der Waals surface area contributed by atoms with Gasteiger partial charge in [0.25, 0.3) is 5.91 Å². The second kappa shape index (κ2) is 8.31. The highest BCUT2D eigenvalue weighted by atomic mass is 32.1. The number of aliphatic hydroxyl groups is 1. The Labute approximate surface area is 146 Å². The molecule has 2 unspecified atom stereocenters. The van der Waals surface area contributed by atoms with E-state index in [2.05, 4.69) is 5.32 Å². The molecule has 1 fully saturated rings. The molecule has 1 aliphatic rings. The van der Waals surface area contributed by atoms with Crippen LogP contribution in [0.25, 0.3) is 0 Å². The first-order chi connectivity index (χ1) is 11.7. The first-order valence-electron chi connectivity index (χ1n) is 8.42. The molecule has 0 aliphatic heterocycles. The zero-order valence-electron chi connectivity index (χ0n) is 13.6. The van der Waals surface area contributed by atoms with Crippen LogP contribution < -0.4 is 10.1 Å². The maximum atomic E-state index is 12.3. The van der Waals surface area contributed by atoms with Gasteiger partial charge in [-0.3, -0.25) is 4.79 Å². The van der Waals surface area contributed by atoms with Gasteiger partial charge in [0.2, 0.25) is 0 Å². The van der Waals surface area contributed by atoms with Gasteiger partial charge in [0.15, 0.2) is 0 Å². The lowest BCUT2D eigenvalue weighted by Crippen LogP contribution is -2.32. The summed E-state index contributed by atoms with van der Waals surface area (Å²) in [5.41, 5.74) is 0.607. The van der Waals surface area contributed by atoms with Crippen molar-refractivity contribution < 1.29 is 14.6 Å². The molecule has 1 aliphatic carbocycles. The van der Waals surface area contributed by atoms with Crippen LogP contribution in [0.3, 0.4) is 0 Å². The van der Waals surface area contributed by atoms with E-state index < -0.39 is 0 Å². The Kier molecular flexibility index (Phi) is 5.88. The van der Waals surface area contributed by atoms with Gasteiger partial charge in [-0.2, -0.15) is 0 Å². The SMILES string of the molecule is O=C(NCC1CCCC(O)C1)c1cccc(OCc2cccs2)c1. The van der Waals surface area contributed by atoms with Crippen molar-refractivity contribution in [3.63, 3.8) is 0 Å². The number of rotatable bonds is 6. The van der Waals surface area contributed by atoms with Gasteiger partial charge in [0, 0.05) is 17.0 Å². The van der Waals surface area contributed by atoms with Crippen LogP contribution in [-0.2, 0) is 6.61 Å². The van der Waals surface area contributed by atoms with Gasteiger partial charge in [-0.1, -0.05) is 18.6 Å². The van der Waals surface area contributed by atoms with Crippen LogP contribution in [0, 0.1) is 5.92 Å². The molecule has 0 spiro atoms. The van der Waals surface area contributed by atoms with Crippen molar-refractivity contribution in [3.8, 4) is 5.75 Å². The van der Waals surface area contributed by atoms with Crippen molar-refractivity contribution in [2.24, 2.45) is 5.92 Å². The molecule has 1 saturated carbocycles. The van der Waals surface area contributed by atoms with E-state index in [1.54, 1.807) is 23.5 Å². The minimum Gasteiger partial charge on any atom is -0.488 e. The van der Waals surface area contributed by atoms with E-state index in [1.807, 2.05) is 29.6 Å². The molecule has 24 heavy (non-hydrogen) atoms. The third kappa shape index (κ3) is 4.82. The first-order valence-corrected chi connectivity index (χ1v) is 9.30. The number of amides is 1. The fourth-order valence-electron chi connectivity index (χ4n) is 3.06. The normalized spacial score (nSPS) is 20.5. The molecule has 2 aromatic rings. The van der Waals surface area contributed by atoms with E-state index in [1.165, 1.54) is 0 Å². The smallest absolute Gasteiger partial charge is 0.251 e. The lowest BCUT2D eigenvalue weighted by molar-refractivity contribution is 0.0873. The van der Waals surface area contributed by atoms with Crippen molar-refractivity contribution in [2.75, 3.05) is 6.54 Å². The number of hydrogen-bond acceptors (Lipinski definition) is 4. The van der Waals surface area contributed by atoms with E-state index in [-0.39, 0.29) is 12.0 Å². The summed E-state index contributed by atoms with van der Waals surface area (Å²) in [6.07, 6.45) is 3.56. The van der Waals surface area contributed by atoms with Crippen LogP contribution in [0.15, 0.2) is 41.8 Å². The molecular formula is C19H23NO3S. The van der Waals surface area contributed by atoms with Crippen LogP contribution in [0.4, 0.5) is 0 Å². The van der Waals surface area contributed by atoms with Crippen molar-refractivity contribution in [1.82, 2.24) is 5.32 Å². The Hall–Kier alpha value is -1.85. The molecule has 2 N–H and O–H groups in total. The largest absolute Gasteiger partial charge is 0.488 e. The van der Waals surface area contributed by atoms with Crippen LogP contribution in [-0.4, -0.2) is 23.7 Å². The lowest BCUT2D eigenvalue weighted by atomic mass is 9.87. The molecule has 0 radical (unpaired) electrons. The molecule has 0 saturated heterocycles. The van der Waals surface area contributed by atoms with Crippen molar-refractivity contribution in [3.05, 3.63) is 52.2 Å². The highest BCUT2D eigenvalue weighted by molar-refractivity contribution is 7.09. The Morgan fingerprint density at radius 3 is 3.00 bits per heavy atom. The fraction of sp³-hybridized carbons (Fsp3) is 0.421. The van der Waals surface area contributed by atoms with Crippen LogP contribution in [0.1, 0.15) is 40.9 Å². The summed E-state index contributed by atoms with van der Waals surface area (Å²) in [6.45, 7) is 1.14. The Morgan fingerprint density at radius 2 is 2.21 bits per heavy atom. The zero-order chi connectivity index (χ0) is 16.8. The molecule has 1 aromatic heterocycles.